The Balaban J connectivity index is 2.12. The highest BCUT2D eigenvalue weighted by molar-refractivity contribution is 5.89. The van der Waals surface area contributed by atoms with Crippen molar-refractivity contribution in [3.8, 4) is 0 Å². The summed E-state index contributed by atoms with van der Waals surface area (Å²) in [7, 11) is 0. The van der Waals surface area contributed by atoms with Crippen molar-refractivity contribution in [1.82, 2.24) is 4.90 Å². The van der Waals surface area contributed by atoms with Crippen molar-refractivity contribution in [2.24, 2.45) is 11.8 Å². The Kier molecular flexibility index (Phi) is 4.98. The van der Waals surface area contributed by atoms with E-state index in [0.29, 0.717) is 25.8 Å². The zero-order chi connectivity index (χ0) is 15.4. The number of ether oxygens (including phenoxy) is 1. The highest BCUT2D eigenvalue weighted by Gasteiger charge is 2.42. The summed E-state index contributed by atoms with van der Waals surface area (Å²) in [4.78, 5) is 37.4. The Morgan fingerprint density at radius 1 is 1.24 bits per heavy atom. The second-order valence-corrected chi connectivity index (χ2v) is 5.44. The summed E-state index contributed by atoms with van der Waals surface area (Å²) in [6, 6.07) is -0.558. The van der Waals surface area contributed by atoms with E-state index in [1.807, 2.05) is 6.08 Å². The first-order valence-corrected chi connectivity index (χ1v) is 7.41. The van der Waals surface area contributed by atoms with Gasteiger partial charge in [0, 0.05) is 6.54 Å². The van der Waals surface area contributed by atoms with Crippen molar-refractivity contribution >= 4 is 17.8 Å². The molecule has 21 heavy (non-hydrogen) atoms. The molecule has 0 saturated carbocycles. The number of carbonyl (C=O) groups excluding carboxylic acids is 2. The zero-order valence-electron chi connectivity index (χ0n) is 12.2. The lowest BCUT2D eigenvalue weighted by atomic mass is 9.82. The van der Waals surface area contributed by atoms with Crippen molar-refractivity contribution in [1.29, 1.82) is 0 Å². The normalized spacial score (nSPS) is 28.4. The Morgan fingerprint density at radius 2 is 1.90 bits per heavy atom. The lowest BCUT2D eigenvalue weighted by Gasteiger charge is -2.31. The molecule has 0 aromatic heterocycles. The number of likely N-dealkylation sites (tertiary alicyclic amines) is 1. The molecule has 6 nitrogen and oxygen atoms in total. The fourth-order valence-electron chi connectivity index (χ4n) is 3.09. The van der Waals surface area contributed by atoms with E-state index in [9.17, 15) is 19.5 Å². The maximum atomic E-state index is 12.7. The van der Waals surface area contributed by atoms with Gasteiger partial charge in [-0.25, -0.2) is 4.79 Å². The van der Waals surface area contributed by atoms with Crippen LogP contribution in [0.25, 0.3) is 0 Å². The first-order chi connectivity index (χ1) is 10.1. The maximum Gasteiger partial charge on any atom is 0.328 e. The molecule has 1 aliphatic heterocycles. The first kappa shape index (κ1) is 15.5. The number of carboxylic acid groups (broad SMARTS) is 1. The molecule has 2 rings (SSSR count). The molecule has 6 heteroatoms. The second-order valence-electron chi connectivity index (χ2n) is 5.44. The van der Waals surface area contributed by atoms with Crippen LogP contribution in [-0.2, 0) is 19.1 Å². The van der Waals surface area contributed by atoms with E-state index >= 15 is 0 Å². The number of hydrogen-bond acceptors (Lipinski definition) is 4. The fraction of sp³-hybridized carbons (Fsp3) is 0.667. The van der Waals surface area contributed by atoms with Gasteiger partial charge in [-0.05, 0) is 32.6 Å². The van der Waals surface area contributed by atoms with Gasteiger partial charge in [-0.2, -0.15) is 0 Å². The summed E-state index contributed by atoms with van der Waals surface area (Å²) in [5.41, 5.74) is 0. The fourth-order valence-corrected chi connectivity index (χ4v) is 3.09. The van der Waals surface area contributed by atoms with E-state index in [4.69, 9.17) is 4.74 Å². The van der Waals surface area contributed by atoms with Crippen molar-refractivity contribution < 1.29 is 24.2 Å². The van der Waals surface area contributed by atoms with Crippen molar-refractivity contribution in [3.05, 3.63) is 12.2 Å². The SMILES string of the molecule is CCOC(=O)C1CCCN1C(=O)[C@@H]1CC=CC[C@@H]1C(=O)O. The Hall–Kier alpha value is -1.85. The smallest absolute Gasteiger partial charge is 0.328 e. The third kappa shape index (κ3) is 3.25. The minimum Gasteiger partial charge on any atom is -0.481 e. The number of amides is 1. The minimum absolute atomic E-state index is 0.234. The predicted octanol–water partition coefficient (Wildman–Crippen LogP) is 1.21. The molecule has 1 amide bonds. The summed E-state index contributed by atoms with van der Waals surface area (Å²) in [5.74, 6) is -2.86. The van der Waals surface area contributed by atoms with Crippen LogP contribution in [0.2, 0.25) is 0 Å². The molecule has 3 atom stereocenters. The Morgan fingerprint density at radius 3 is 2.52 bits per heavy atom. The number of hydrogen-bond donors (Lipinski definition) is 1. The summed E-state index contributed by atoms with van der Waals surface area (Å²) in [5, 5.41) is 9.26. The molecule has 0 radical (unpaired) electrons. The van der Waals surface area contributed by atoms with E-state index in [1.54, 1.807) is 13.0 Å². The third-order valence-electron chi connectivity index (χ3n) is 4.16. The van der Waals surface area contributed by atoms with Gasteiger partial charge in [-0.1, -0.05) is 12.2 Å². The van der Waals surface area contributed by atoms with Gasteiger partial charge in [-0.3, -0.25) is 9.59 Å². The monoisotopic (exact) mass is 295 g/mol. The molecule has 1 N–H and O–H groups in total. The van der Waals surface area contributed by atoms with Crippen LogP contribution in [-0.4, -0.2) is 47.0 Å². The zero-order valence-corrected chi connectivity index (χ0v) is 12.2. The van der Waals surface area contributed by atoms with Gasteiger partial charge in [0.25, 0.3) is 0 Å². The minimum atomic E-state index is -0.954. The van der Waals surface area contributed by atoms with Crippen LogP contribution in [0.3, 0.4) is 0 Å². The quantitative estimate of drug-likeness (QED) is 0.622. The Labute approximate surface area is 123 Å². The predicted molar refractivity (Wildman–Crippen MR) is 74.4 cm³/mol. The third-order valence-corrected chi connectivity index (χ3v) is 4.16. The molecule has 116 valence electrons. The van der Waals surface area contributed by atoms with E-state index in [2.05, 4.69) is 0 Å². The largest absolute Gasteiger partial charge is 0.481 e. The summed E-state index contributed by atoms with van der Waals surface area (Å²) in [6.07, 6.45) is 5.76. The van der Waals surface area contributed by atoms with E-state index in [-0.39, 0.29) is 18.5 Å². The maximum absolute atomic E-state index is 12.7. The van der Waals surface area contributed by atoms with Gasteiger partial charge in [0.1, 0.15) is 6.04 Å². The van der Waals surface area contributed by atoms with Crippen LogP contribution in [0, 0.1) is 11.8 Å². The number of rotatable bonds is 4. The van der Waals surface area contributed by atoms with Gasteiger partial charge in [0.15, 0.2) is 0 Å². The lowest BCUT2D eigenvalue weighted by Crippen LogP contribution is -2.47. The highest BCUT2D eigenvalue weighted by atomic mass is 16.5. The number of allylic oxidation sites excluding steroid dienone is 2. The van der Waals surface area contributed by atoms with Gasteiger partial charge >= 0.3 is 11.9 Å². The number of aliphatic carboxylic acids is 1. The molecule has 1 aliphatic carbocycles. The number of nitrogens with zero attached hydrogens (tertiary/aromatic N) is 1. The standard InChI is InChI=1S/C15H21NO5/c1-2-21-15(20)12-8-5-9-16(12)13(17)10-6-3-4-7-11(10)14(18)19/h3-4,10-12H,2,5-9H2,1H3,(H,18,19)/t10-,11+,12?/m1/s1. The average Bonchev–Trinajstić information content (AvgIpc) is 2.96. The second kappa shape index (κ2) is 6.74. The molecule has 0 aromatic rings. The van der Waals surface area contributed by atoms with Gasteiger partial charge < -0.3 is 14.7 Å². The number of carbonyl (C=O) groups is 3. The van der Waals surface area contributed by atoms with Gasteiger partial charge in [-0.15, -0.1) is 0 Å². The number of esters is 1. The van der Waals surface area contributed by atoms with Gasteiger partial charge in [0.2, 0.25) is 5.91 Å². The van der Waals surface area contributed by atoms with Gasteiger partial charge in [0.05, 0.1) is 18.4 Å². The van der Waals surface area contributed by atoms with E-state index in [0.717, 1.165) is 6.42 Å². The lowest BCUT2D eigenvalue weighted by molar-refractivity contribution is -0.157. The molecular weight excluding hydrogens is 274 g/mol. The molecule has 0 bridgehead atoms. The molecule has 2 aliphatic rings. The Bertz CT molecular complexity index is 459. The van der Waals surface area contributed by atoms with Crippen molar-refractivity contribution in [2.45, 2.75) is 38.6 Å². The van der Waals surface area contributed by atoms with Crippen LogP contribution >= 0.6 is 0 Å². The number of carboxylic acids is 1. The van der Waals surface area contributed by atoms with Crippen LogP contribution in [0.5, 0.6) is 0 Å². The van der Waals surface area contributed by atoms with E-state index < -0.39 is 23.8 Å². The summed E-state index contributed by atoms with van der Waals surface area (Å²) < 4.78 is 5.00. The molecule has 0 spiro atoms. The molecule has 1 unspecified atom stereocenters. The van der Waals surface area contributed by atoms with Crippen molar-refractivity contribution in [3.63, 3.8) is 0 Å². The molecule has 1 fully saturated rings. The summed E-state index contributed by atoms with van der Waals surface area (Å²) >= 11 is 0. The van der Waals surface area contributed by atoms with Crippen LogP contribution in [0.1, 0.15) is 32.6 Å². The van der Waals surface area contributed by atoms with Crippen LogP contribution in [0.15, 0.2) is 12.2 Å². The topological polar surface area (TPSA) is 83.9 Å². The molecular formula is C15H21NO5. The molecule has 1 heterocycles. The van der Waals surface area contributed by atoms with E-state index in [1.165, 1.54) is 4.90 Å². The van der Waals surface area contributed by atoms with Crippen LogP contribution < -0.4 is 0 Å². The first-order valence-electron chi connectivity index (χ1n) is 7.41. The van der Waals surface area contributed by atoms with Crippen molar-refractivity contribution in [2.75, 3.05) is 13.2 Å². The molecule has 0 aromatic carbocycles. The summed E-state index contributed by atoms with van der Waals surface area (Å²) in [6.45, 7) is 2.50. The molecule has 1 saturated heterocycles. The van der Waals surface area contributed by atoms with Crippen LogP contribution in [0.4, 0.5) is 0 Å². The highest BCUT2D eigenvalue weighted by Crippen LogP contribution is 2.30. The average molecular weight is 295 g/mol.